The third kappa shape index (κ3) is 3.21. The topological polar surface area (TPSA) is 21.3 Å². The Balaban J connectivity index is 2.14. The van der Waals surface area contributed by atoms with Gasteiger partial charge in [-0.3, -0.25) is 10.3 Å². The third-order valence-corrected chi connectivity index (χ3v) is 4.54. The van der Waals surface area contributed by atoms with E-state index in [1.54, 1.807) is 0 Å². The van der Waals surface area contributed by atoms with Crippen LogP contribution in [-0.4, -0.2) is 6.18 Å². The minimum Gasteiger partial charge on any atom is -0.265 e. The molecule has 3 rings (SSSR count). The smallest absolute Gasteiger partial charge is 0.265 e. The quantitative estimate of drug-likeness (QED) is 0.744. The molecule has 0 spiro atoms. The summed E-state index contributed by atoms with van der Waals surface area (Å²) in [6.45, 7) is 3.79. The molecule has 2 nitrogen and oxygen atoms in total. The van der Waals surface area contributed by atoms with Crippen LogP contribution in [0.25, 0.3) is 5.70 Å². The summed E-state index contributed by atoms with van der Waals surface area (Å²) in [6, 6.07) is 10.2. The van der Waals surface area contributed by atoms with Gasteiger partial charge in [0, 0.05) is 5.56 Å². The van der Waals surface area contributed by atoms with Crippen LogP contribution in [0.4, 0.5) is 17.6 Å². The highest BCUT2D eigenvalue weighted by atomic mass is 19.4. The van der Waals surface area contributed by atoms with Crippen LogP contribution >= 0.6 is 0 Å². The second-order valence-corrected chi connectivity index (χ2v) is 6.25. The van der Waals surface area contributed by atoms with Crippen molar-refractivity contribution in [1.82, 2.24) is 5.48 Å². The Morgan fingerprint density at radius 3 is 2.04 bits per heavy atom. The maximum Gasteiger partial charge on any atom is 0.428 e. The number of hydrogen-bond donors (Lipinski definition) is 1. The molecule has 6 heteroatoms. The summed E-state index contributed by atoms with van der Waals surface area (Å²) < 4.78 is 55.3. The Kier molecular flexibility index (Phi) is 4.80. The lowest BCUT2D eigenvalue weighted by atomic mass is 9.88. The van der Waals surface area contributed by atoms with E-state index in [0.717, 1.165) is 17.2 Å². The van der Waals surface area contributed by atoms with Gasteiger partial charge in [0.1, 0.15) is 5.82 Å². The predicted octanol–water partition coefficient (Wildman–Crippen LogP) is 5.28. The lowest BCUT2D eigenvalue weighted by Crippen LogP contribution is -2.42. The normalized spacial score (nSPS) is 20.0. The van der Waals surface area contributed by atoms with Crippen molar-refractivity contribution < 1.29 is 22.4 Å². The molecule has 1 unspecified atom stereocenters. The zero-order valence-corrected chi connectivity index (χ0v) is 14.5. The van der Waals surface area contributed by atoms with E-state index in [9.17, 15) is 17.6 Å². The zero-order chi connectivity index (χ0) is 18.9. The maximum atomic E-state index is 14.1. The summed E-state index contributed by atoms with van der Waals surface area (Å²) >= 11 is 0. The number of aryl methyl sites for hydroxylation is 2. The summed E-state index contributed by atoms with van der Waals surface area (Å²) in [6.07, 6.45) is -2.40. The van der Waals surface area contributed by atoms with Crippen LogP contribution in [0.15, 0.2) is 48.5 Å². The molecule has 0 fully saturated rings. The molecule has 0 bridgehead atoms. The molecule has 0 amide bonds. The Morgan fingerprint density at radius 2 is 1.54 bits per heavy atom. The number of rotatable bonds is 4. The first-order valence-electron chi connectivity index (χ1n) is 8.42. The van der Waals surface area contributed by atoms with Crippen LogP contribution < -0.4 is 5.48 Å². The second kappa shape index (κ2) is 6.76. The largest absolute Gasteiger partial charge is 0.428 e. The van der Waals surface area contributed by atoms with Gasteiger partial charge in [0.15, 0.2) is 0 Å². The van der Waals surface area contributed by atoms with Gasteiger partial charge in [0.2, 0.25) is 5.60 Å². The van der Waals surface area contributed by atoms with Crippen LogP contribution in [0, 0.1) is 5.82 Å². The van der Waals surface area contributed by atoms with E-state index in [4.69, 9.17) is 4.84 Å². The second-order valence-electron chi connectivity index (χ2n) is 6.25. The lowest BCUT2D eigenvalue weighted by Gasteiger charge is -2.29. The molecule has 1 aliphatic heterocycles. The van der Waals surface area contributed by atoms with E-state index in [0.29, 0.717) is 18.4 Å². The van der Waals surface area contributed by atoms with E-state index in [-0.39, 0.29) is 11.3 Å². The van der Waals surface area contributed by atoms with Gasteiger partial charge in [-0.2, -0.15) is 13.2 Å². The average molecular weight is 365 g/mol. The number of hydrogen-bond acceptors (Lipinski definition) is 2. The number of hydroxylamine groups is 1. The first-order chi connectivity index (χ1) is 12.3. The van der Waals surface area contributed by atoms with Gasteiger partial charge in [-0.25, -0.2) is 4.39 Å². The molecule has 0 saturated carbocycles. The molecule has 2 aromatic rings. The van der Waals surface area contributed by atoms with E-state index >= 15 is 0 Å². The summed E-state index contributed by atoms with van der Waals surface area (Å²) in [4.78, 5) is 5.13. The fourth-order valence-electron chi connectivity index (χ4n) is 3.00. The standard InChI is InChI=1S/C20H19F4NO/c1-3-13-9-14(4-2)11-16(10-13)19(20(22,23)24)12-18(25-26-19)15-5-7-17(21)8-6-15/h5-12,25H,3-4H2,1-2H3. The molecule has 0 aromatic heterocycles. The minimum absolute atomic E-state index is 0.0332. The van der Waals surface area contributed by atoms with Crippen molar-refractivity contribution in [2.45, 2.75) is 38.5 Å². The number of alkyl halides is 3. The van der Waals surface area contributed by atoms with Gasteiger partial charge in [-0.15, -0.1) is 0 Å². The van der Waals surface area contributed by atoms with Gasteiger partial charge in [0.25, 0.3) is 0 Å². The molecule has 2 aromatic carbocycles. The van der Waals surface area contributed by atoms with E-state index in [1.807, 2.05) is 19.9 Å². The number of halogens is 4. The molecule has 138 valence electrons. The average Bonchev–Trinajstić information content (AvgIpc) is 3.08. The minimum atomic E-state index is -4.67. The fraction of sp³-hybridized carbons (Fsp3) is 0.300. The highest BCUT2D eigenvalue weighted by Crippen LogP contribution is 2.47. The van der Waals surface area contributed by atoms with Gasteiger partial charge in [-0.1, -0.05) is 32.0 Å². The van der Waals surface area contributed by atoms with Gasteiger partial charge >= 0.3 is 6.18 Å². The zero-order valence-electron chi connectivity index (χ0n) is 14.5. The van der Waals surface area contributed by atoms with Gasteiger partial charge in [-0.05, 0) is 59.9 Å². The van der Waals surface area contributed by atoms with Crippen molar-refractivity contribution in [3.8, 4) is 0 Å². The Bertz CT molecular complexity index is 804. The monoisotopic (exact) mass is 365 g/mol. The molecule has 1 N–H and O–H groups in total. The Hall–Kier alpha value is -2.34. The maximum absolute atomic E-state index is 14.1. The highest BCUT2D eigenvalue weighted by molar-refractivity contribution is 5.67. The van der Waals surface area contributed by atoms with Crippen LogP contribution in [0.5, 0.6) is 0 Å². The van der Waals surface area contributed by atoms with E-state index in [1.165, 1.54) is 36.4 Å². The molecule has 1 atom stereocenters. The molecule has 26 heavy (non-hydrogen) atoms. The molecule has 0 saturated heterocycles. The summed E-state index contributed by atoms with van der Waals surface area (Å²) in [5, 5.41) is 0. The molecule has 1 heterocycles. The van der Waals surface area contributed by atoms with Crippen LogP contribution in [0.1, 0.15) is 36.1 Å². The molecule has 0 radical (unpaired) electrons. The van der Waals surface area contributed by atoms with Crippen molar-refractivity contribution in [3.63, 3.8) is 0 Å². The Labute approximate surface area is 149 Å². The highest BCUT2D eigenvalue weighted by Gasteiger charge is 2.59. The first kappa shape index (κ1) is 18.5. The lowest BCUT2D eigenvalue weighted by molar-refractivity contribution is -0.269. The first-order valence-corrected chi connectivity index (χ1v) is 8.42. The molecular weight excluding hydrogens is 346 g/mol. The summed E-state index contributed by atoms with van der Waals surface area (Å²) in [7, 11) is 0. The van der Waals surface area contributed by atoms with Crippen molar-refractivity contribution in [2.75, 3.05) is 0 Å². The summed E-state index contributed by atoms with van der Waals surface area (Å²) in [5.74, 6) is -0.460. The summed E-state index contributed by atoms with van der Waals surface area (Å²) in [5.41, 5.74) is 2.03. The van der Waals surface area contributed by atoms with Crippen LogP contribution in [-0.2, 0) is 23.3 Å². The predicted molar refractivity (Wildman–Crippen MR) is 91.5 cm³/mol. The van der Waals surface area contributed by atoms with E-state index < -0.39 is 17.6 Å². The van der Waals surface area contributed by atoms with Crippen molar-refractivity contribution in [1.29, 1.82) is 0 Å². The number of nitrogens with one attached hydrogen (secondary N) is 1. The Morgan fingerprint density at radius 1 is 0.962 bits per heavy atom. The molecule has 0 aliphatic carbocycles. The fourth-order valence-corrected chi connectivity index (χ4v) is 3.00. The van der Waals surface area contributed by atoms with Crippen molar-refractivity contribution in [3.05, 3.63) is 76.6 Å². The van der Waals surface area contributed by atoms with Crippen LogP contribution in [0.2, 0.25) is 0 Å². The van der Waals surface area contributed by atoms with Crippen molar-refractivity contribution in [2.24, 2.45) is 0 Å². The van der Waals surface area contributed by atoms with Crippen LogP contribution in [0.3, 0.4) is 0 Å². The van der Waals surface area contributed by atoms with Gasteiger partial charge in [0.05, 0.1) is 5.70 Å². The van der Waals surface area contributed by atoms with E-state index in [2.05, 4.69) is 5.48 Å². The SMILES string of the molecule is CCc1cc(CC)cc(C2(C(F)(F)F)C=C(c3ccc(F)cc3)NO2)c1. The molecule has 1 aliphatic rings. The van der Waals surface area contributed by atoms with Crippen molar-refractivity contribution >= 4 is 5.70 Å². The molecular formula is C20H19F4NO. The van der Waals surface area contributed by atoms with Gasteiger partial charge < -0.3 is 0 Å². The third-order valence-electron chi connectivity index (χ3n) is 4.54. The number of benzene rings is 2.